The highest BCUT2D eigenvalue weighted by atomic mass is 35.5. The number of nitrogens with two attached hydrogens (primary N) is 1. The van der Waals surface area contributed by atoms with Crippen LogP contribution in [0.15, 0.2) is 30.5 Å². The zero-order valence-electron chi connectivity index (χ0n) is 16.5. The number of carbonyl (C=O) groups is 1. The van der Waals surface area contributed by atoms with Crippen LogP contribution in [0.5, 0.6) is 0 Å². The van der Waals surface area contributed by atoms with Crippen molar-refractivity contribution < 1.29 is 9.53 Å². The van der Waals surface area contributed by atoms with Crippen LogP contribution in [0, 0.1) is 5.41 Å². The summed E-state index contributed by atoms with van der Waals surface area (Å²) in [6.07, 6.45) is 3.76. The van der Waals surface area contributed by atoms with Crippen LogP contribution in [0.1, 0.15) is 40.5 Å². The van der Waals surface area contributed by atoms with Crippen LogP contribution in [0.3, 0.4) is 0 Å². The fraction of sp³-hybridized carbons (Fsp3) is 0.550. The third-order valence-electron chi connectivity index (χ3n) is 5.73. The molecule has 0 aliphatic heterocycles. The van der Waals surface area contributed by atoms with Gasteiger partial charge in [0.15, 0.2) is 0 Å². The molecule has 1 amide bonds. The molecule has 3 rings (SSSR count). The molecule has 1 saturated carbocycles. The highest BCUT2D eigenvalue weighted by Crippen LogP contribution is 2.50. The zero-order chi connectivity index (χ0) is 18.2. The standard InChI is InChI=1S/C20H29N3O2.2ClH/c1-5-10-23-11-9-14-12-15(7-8-16(14)23)22-18(24)20(21)13-17(25-6-2)19(20,3)4;;/h7-9,11-12,17H,5-6,10,13,21H2,1-4H3,(H,22,24);2*1H. The molecule has 0 radical (unpaired) electrons. The summed E-state index contributed by atoms with van der Waals surface area (Å²) in [6.45, 7) is 9.77. The molecule has 7 heteroatoms. The van der Waals surface area contributed by atoms with E-state index in [0.717, 1.165) is 24.0 Å². The molecular formula is C20H31Cl2N3O2. The van der Waals surface area contributed by atoms with Crippen molar-refractivity contribution in [2.45, 2.75) is 58.7 Å². The summed E-state index contributed by atoms with van der Waals surface area (Å²) in [6, 6.07) is 8.09. The van der Waals surface area contributed by atoms with Crippen LogP contribution >= 0.6 is 24.8 Å². The van der Waals surface area contributed by atoms with Gasteiger partial charge in [-0.25, -0.2) is 0 Å². The lowest BCUT2D eigenvalue weighted by Crippen LogP contribution is -2.74. The molecule has 1 heterocycles. The van der Waals surface area contributed by atoms with E-state index in [1.165, 1.54) is 5.52 Å². The number of benzene rings is 1. The Balaban J connectivity index is 0.00000182. The van der Waals surface area contributed by atoms with Gasteiger partial charge in [-0.15, -0.1) is 24.8 Å². The summed E-state index contributed by atoms with van der Waals surface area (Å²) in [5, 5.41) is 4.13. The van der Waals surface area contributed by atoms with Crippen LogP contribution in [0.25, 0.3) is 10.9 Å². The molecular weight excluding hydrogens is 385 g/mol. The SMILES string of the molecule is CCCn1ccc2cc(NC(=O)C3(N)CC(OCC)C3(C)C)ccc21.Cl.Cl. The average molecular weight is 416 g/mol. The summed E-state index contributed by atoms with van der Waals surface area (Å²) in [4.78, 5) is 12.8. The number of nitrogens with zero attached hydrogens (tertiary/aromatic N) is 1. The minimum Gasteiger partial charge on any atom is -0.378 e. The molecule has 1 aliphatic carbocycles. The van der Waals surface area contributed by atoms with Crippen molar-refractivity contribution in [2.75, 3.05) is 11.9 Å². The molecule has 1 aromatic carbocycles. The maximum absolute atomic E-state index is 12.8. The van der Waals surface area contributed by atoms with Gasteiger partial charge >= 0.3 is 0 Å². The van der Waals surface area contributed by atoms with Crippen LogP contribution in [-0.2, 0) is 16.1 Å². The number of amides is 1. The average Bonchev–Trinajstić information content (AvgIpc) is 2.97. The Morgan fingerprint density at radius 2 is 2.00 bits per heavy atom. The number of hydrogen-bond donors (Lipinski definition) is 2. The van der Waals surface area contributed by atoms with Crippen molar-refractivity contribution >= 4 is 47.3 Å². The van der Waals surface area contributed by atoms with E-state index in [9.17, 15) is 4.79 Å². The van der Waals surface area contributed by atoms with Gasteiger partial charge in [-0.1, -0.05) is 20.8 Å². The molecule has 0 saturated heterocycles. The van der Waals surface area contributed by atoms with Gasteiger partial charge in [-0.2, -0.15) is 0 Å². The first-order valence-corrected chi connectivity index (χ1v) is 9.14. The minimum absolute atomic E-state index is 0. The molecule has 0 bridgehead atoms. The largest absolute Gasteiger partial charge is 0.378 e. The lowest BCUT2D eigenvalue weighted by atomic mass is 9.54. The number of anilines is 1. The van der Waals surface area contributed by atoms with Gasteiger partial charge < -0.3 is 20.4 Å². The lowest BCUT2D eigenvalue weighted by Gasteiger charge is -2.57. The Morgan fingerprint density at radius 3 is 2.59 bits per heavy atom. The quantitative estimate of drug-likeness (QED) is 0.735. The van der Waals surface area contributed by atoms with Crippen molar-refractivity contribution in [1.29, 1.82) is 0 Å². The lowest BCUT2D eigenvalue weighted by molar-refractivity contribution is -0.166. The molecule has 152 valence electrons. The Hall–Kier alpha value is -1.27. The second-order valence-electron chi connectivity index (χ2n) is 7.58. The number of fused-ring (bicyclic) bond motifs is 1. The summed E-state index contributed by atoms with van der Waals surface area (Å²) >= 11 is 0. The molecule has 2 atom stereocenters. The Bertz CT molecular complexity index is 791. The molecule has 3 N–H and O–H groups in total. The molecule has 5 nitrogen and oxygen atoms in total. The first-order chi connectivity index (χ1) is 11.8. The maximum atomic E-state index is 12.8. The van der Waals surface area contributed by atoms with Crippen molar-refractivity contribution in [3.05, 3.63) is 30.5 Å². The van der Waals surface area contributed by atoms with Gasteiger partial charge in [0.05, 0.1) is 6.10 Å². The monoisotopic (exact) mass is 415 g/mol. The summed E-state index contributed by atoms with van der Waals surface area (Å²) < 4.78 is 7.94. The fourth-order valence-corrected chi connectivity index (χ4v) is 3.78. The van der Waals surface area contributed by atoms with E-state index in [1.54, 1.807) is 0 Å². The van der Waals surface area contributed by atoms with Gasteiger partial charge in [0.25, 0.3) is 0 Å². The van der Waals surface area contributed by atoms with Gasteiger partial charge in [0, 0.05) is 47.8 Å². The predicted octanol–water partition coefficient (Wildman–Crippen LogP) is 4.37. The van der Waals surface area contributed by atoms with E-state index in [-0.39, 0.29) is 42.2 Å². The molecule has 1 aromatic heterocycles. The van der Waals surface area contributed by atoms with Gasteiger partial charge in [-0.3, -0.25) is 4.79 Å². The van der Waals surface area contributed by atoms with E-state index in [1.807, 2.05) is 32.9 Å². The normalized spacial score (nSPS) is 23.1. The predicted molar refractivity (Wildman–Crippen MR) is 116 cm³/mol. The number of aromatic nitrogens is 1. The van der Waals surface area contributed by atoms with Gasteiger partial charge in [0.1, 0.15) is 5.54 Å². The smallest absolute Gasteiger partial charge is 0.245 e. The van der Waals surface area contributed by atoms with Crippen LogP contribution < -0.4 is 11.1 Å². The minimum atomic E-state index is -0.907. The van der Waals surface area contributed by atoms with E-state index in [4.69, 9.17) is 10.5 Å². The van der Waals surface area contributed by atoms with Crippen molar-refractivity contribution in [2.24, 2.45) is 11.1 Å². The van der Waals surface area contributed by atoms with Crippen molar-refractivity contribution in [1.82, 2.24) is 4.57 Å². The molecule has 2 unspecified atom stereocenters. The first kappa shape index (κ1) is 23.8. The third kappa shape index (κ3) is 3.97. The summed E-state index contributed by atoms with van der Waals surface area (Å²) in [5.41, 5.74) is 7.13. The van der Waals surface area contributed by atoms with Crippen molar-refractivity contribution in [3.63, 3.8) is 0 Å². The van der Waals surface area contributed by atoms with E-state index >= 15 is 0 Å². The Morgan fingerprint density at radius 1 is 1.30 bits per heavy atom. The second-order valence-corrected chi connectivity index (χ2v) is 7.58. The maximum Gasteiger partial charge on any atom is 0.245 e. The zero-order valence-corrected chi connectivity index (χ0v) is 18.1. The van der Waals surface area contributed by atoms with E-state index in [2.05, 4.69) is 35.1 Å². The topological polar surface area (TPSA) is 69.3 Å². The number of aryl methyl sites for hydroxylation is 1. The van der Waals surface area contributed by atoms with Crippen molar-refractivity contribution in [3.8, 4) is 0 Å². The molecule has 0 spiro atoms. The number of halogens is 2. The molecule has 1 fully saturated rings. The molecule has 1 aliphatic rings. The van der Waals surface area contributed by atoms with Crippen LogP contribution in [0.4, 0.5) is 5.69 Å². The number of ether oxygens (including phenoxy) is 1. The Kier molecular flexibility index (Phi) is 7.77. The second kappa shape index (κ2) is 8.82. The summed E-state index contributed by atoms with van der Waals surface area (Å²) in [7, 11) is 0. The number of carbonyl (C=O) groups excluding carboxylic acids is 1. The molecule has 2 aromatic rings. The fourth-order valence-electron chi connectivity index (χ4n) is 3.78. The highest BCUT2D eigenvalue weighted by molar-refractivity contribution is 6.01. The van der Waals surface area contributed by atoms with E-state index in [0.29, 0.717) is 13.0 Å². The number of hydrogen-bond acceptors (Lipinski definition) is 3. The van der Waals surface area contributed by atoms with Gasteiger partial charge in [-0.05, 0) is 37.6 Å². The first-order valence-electron chi connectivity index (χ1n) is 9.14. The molecule has 27 heavy (non-hydrogen) atoms. The van der Waals surface area contributed by atoms with Gasteiger partial charge in [0.2, 0.25) is 5.91 Å². The third-order valence-corrected chi connectivity index (χ3v) is 5.73. The number of rotatable bonds is 6. The Labute approximate surface area is 173 Å². The van der Waals surface area contributed by atoms with E-state index < -0.39 is 5.54 Å². The summed E-state index contributed by atoms with van der Waals surface area (Å²) in [5.74, 6) is -0.138. The van der Waals surface area contributed by atoms with Crippen LogP contribution in [0.2, 0.25) is 0 Å². The number of nitrogens with one attached hydrogen (secondary N) is 1. The van der Waals surface area contributed by atoms with Crippen LogP contribution in [-0.4, -0.2) is 28.7 Å². The highest BCUT2D eigenvalue weighted by Gasteiger charge is 2.62.